The number of amides is 1. The highest BCUT2D eigenvalue weighted by Gasteiger charge is 2.12. The van der Waals surface area contributed by atoms with Crippen LogP contribution in [0.5, 0.6) is 11.5 Å². The second-order valence-electron chi connectivity index (χ2n) is 5.69. The van der Waals surface area contributed by atoms with Crippen molar-refractivity contribution in [2.24, 2.45) is 0 Å². The van der Waals surface area contributed by atoms with E-state index in [9.17, 15) is 4.79 Å². The summed E-state index contributed by atoms with van der Waals surface area (Å²) in [6.07, 6.45) is 4.69. The van der Waals surface area contributed by atoms with Gasteiger partial charge < -0.3 is 14.8 Å². The molecule has 0 fully saturated rings. The van der Waals surface area contributed by atoms with Crippen molar-refractivity contribution in [2.75, 3.05) is 12.1 Å². The first kappa shape index (κ1) is 15.8. The molecule has 3 aromatic rings. The van der Waals surface area contributed by atoms with Crippen LogP contribution in [-0.2, 0) is 4.79 Å². The van der Waals surface area contributed by atoms with Gasteiger partial charge in [0.15, 0.2) is 11.5 Å². The Labute approximate surface area is 149 Å². The fourth-order valence-electron chi connectivity index (χ4n) is 2.58. The highest BCUT2D eigenvalue weighted by molar-refractivity contribution is 6.02. The molecule has 2 heterocycles. The molecule has 0 aliphatic carbocycles. The van der Waals surface area contributed by atoms with Crippen LogP contribution >= 0.6 is 0 Å². The summed E-state index contributed by atoms with van der Waals surface area (Å²) in [6.45, 7) is 2.17. The van der Waals surface area contributed by atoms with Crippen LogP contribution in [0.4, 0.5) is 5.69 Å². The largest absolute Gasteiger partial charge is 0.454 e. The van der Waals surface area contributed by atoms with E-state index in [0.717, 1.165) is 16.8 Å². The molecule has 0 bridgehead atoms. The second kappa shape index (κ2) is 6.67. The quantitative estimate of drug-likeness (QED) is 0.727. The molecule has 8 nitrogen and oxygen atoms in total. The molecular weight excluding hydrogens is 334 g/mol. The van der Waals surface area contributed by atoms with Gasteiger partial charge in [0.05, 0.1) is 5.69 Å². The molecule has 0 spiro atoms. The van der Waals surface area contributed by atoms with Crippen molar-refractivity contribution >= 4 is 17.7 Å². The molecule has 4 rings (SSSR count). The van der Waals surface area contributed by atoms with Crippen molar-refractivity contribution in [3.63, 3.8) is 0 Å². The van der Waals surface area contributed by atoms with Crippen LogP contribution in [0.3, 0.4) is 0 Å². The molecule has 1 aliphatic heterocycles. The van der Waals surface area contributed by atoms with E-state index in [1.165, 1.54) is 12.4 Å². The molecule has 0 atom stereocenters. The highest BCUT2D eigenvalue weighted by atomic mass is 16.7. The van der Waals surface area contributed by atoms with Gasteiger partial charge in [-0.1, -0.05) is 12.1 Å². The summed E-state index contributed by atoms with van der Waals surface area (Å²) in [7, 11) is 0. The molecule has 8 heteroatoms. The maximum Gasteiger partial charge on any atom is 0.248 e. The van der Waals surface area contributed by atoms with Crippen LogP contribution in [0, 0.1) is 6.92 Å². The third-order valence-corrected chi connectivity index (χ3v) is 3.90. The number of carbonyl (C=O) groups is 1. The Balaban J connectivity index is 1.47. The predicted molar refractivity (Wildman–Crippen MR) is 94.1 cm³/mol. The van der Waals surface area contributed by atoms with Gasteiger partial charge in [-0.2, -0.15) is 0 Å². The molecule has 0 saturated carbocycles. The van der Waals surface area contributed by atoms with Crippen molar-refractivity contribution in [3.05, 3.63) is 59.9 Å². The van der Waals surface area contributed by atoms with Gasteiger partial charge in [-0.25, -0.2) is 4.68 Å². The number of benzene rings is 2. The number of hydrogen-bond donors (Lipinski definition) is 1. The first-order chi connectivity index (χ1) is 12.7. The fraction of sp³-hybridized carbons (Fsp3) is 0.111. The number of nitrogens with one attached hydrogen (secondary N) is 1. The molecule has 26 heavy (non-hydrogen) atoms. The summed E-state index contributed by atoms with van der Waals surface area (Å²) >= 11 is 0. The number of anilines is 1. The Morgan fingerprint density at radius 2 is 2.08 bits per heavy atom. The average Bonchev–Trinajstić information content (AvgIpc) is 3.32. The SMILES string of the molecule is Cc1ccc(NC(=O)C=Cc2ccc3c(c2)OCO3)cc1-n1cnnn1. The third-order valence-electron chi connectivity index (χ3n) is 3.90. The molecule has 1 aliphatic rings. The molecule has 1 amide bonds. The van der Waals surface area contributed by atoms with Crippen LogP contribution in [0.2, 0.25) is 0 Å². The van der Waals surface area contributed by atoms with Crippen molar-refractivity contribution in [1.82, 2.24) is 20.2 Å². The van der Waals surface area contributed by atoms with Crippen LogP contribution in [0.1, 0.15) is 11.1 Å². The van der Waals surface area contributed by atoms with Crippen molar-refractivity contribution in [1.29, 1.82) is 0 Å². The lowest BCUT2D eigenvalue weighted by Gasteiger charge is -2.08. The minimum Gasteiger partial charge on any atom is -0.454 e. The Bertz CT molecular complexity index is 982. The van der Waals surface area contributed by atoms with Crippen LogP contribution < -0.4 is 14.8 Å². The number of rotatable bonds is 4. The minimum absolute atomic E-state index is 0.222. The summed E-state index contributed by atoms with van der Waals surface area (Å²) in [6, 6.07) is 11.0. The maximum atomic E-state index is 12.2. The molecule has 130 valence electrons. The lowest BCUT2D eigenvalue weighted by molar-refractivity contribution is -0.111. The lowest BCUT2D eigenvalue weighted by atomic mass is 10.1. The summed E-state index contributed by atoms with van der Waals surface area (Å²) in [5.74, 6) is 1.15. The van der Waals surface area contributed by atoms with E-state index in [2.05, 4.69) is 20.8 Å². The van der Waals surface area contributed by atoms with E-state index in [1.807, 2.05) is 43.3 Å². The second-order valence-corrected chi connectivity index (χ2v) is 5.69. The number of aryl methyl sites for hydroxylation is 1. The minimum atomic E-state index is -0.241. The molecular formula is C18H15N5O3. The maximum absolute atomic E-state index is 12.2. The number of nitrogens with zero attached hydrogens (tertiary/aromatic N) is 4. The van der Waals surface area contributed by atoms with Gasteiger partial charge in [0.25, 0.3) is 0 Å². The topological polar surface area (TPSA) is 91.2 Å². The van der Waals surface area contributed by atoms with Gasteiger partial charge in [0.2, 0.25) is 12.7 Å². The Hall–Kier alpha value is -3.68. The first-order valence-electron chi connectivity index (χ1n) is 7.92. The van der Waals surface area contributed by atoms with Gasteiger partial charge in [-0.3, -0.25) is 4.79 Å². The van der Waals surface area contributed by atoms with Crippen LogP contribution in [0.25, 0.3) is 11.8 Å². The Kier molecular flexibility index (Phi) is 4.06. The number of aromatic nitrogens is 4. The fourth-order valence-corrected chi connectivity index (χ4v) is 2.58. The number of carbonyl (C=O) groups excluding carboxylic acids is 1. The average molecular weight is 349 g/mol. The summed E-state index contributed by atoms with van der Waals surface area (Å²) in [4.78, 5) is 12.2. The summed E-state index contributed by atoms with van der Waals surface area (Å²) < 4.78 is 12.1. The molecule has 1 aromatic heterocycles. The van der Waals surface area contributed by atoms with Gasteiger partial charge >= 0.3 is 0 Å². The zero-order valence-electron chi connectivity index (χ0n) is 13.9. The smallest absolute Gasteiger partial charge is 0.248 e. The van der Waals surface area contributed by atoms with E-state index < -0.39 is 0 Å². The normalized spacial score (nSPS) is 12.5. The van der Waals surface area contributed by atoms with Gasteiger partial charge in [0, 0.05) is 11.8 Å². The Morgan fingerprint density at radius 3 is 2.92 bits per heavy atom. The van der Waals surface area contributed by atoms with E-state index in [-0.39, 0.29) is 12.7 Å². The van der Waals surface area contributed by atoms with Crippen molar-refractivity contribution in [3.8, 4) is 17.2 Å². The highest BCUT2D eigenvalue weighted by Crippen LogP contribution is 2.32. The first-order valence-corrected chi connectivity index (χ1v) is 7.92. The number of hydrogen-bond acceptors (Lipinski definition) is 6. The number of ether oxygens (including phenoxy) is 2. The van der Waals surface area contributed by atoms with Gasteiger partial charge in [0.1, 0.15) is 6.33 Å². The summed E-state index contributed by atoms with van der Waals surface area (Å²) in [5, 5.41) is 14.0. The Morgan fingerprint density at radius 1 is 1.19 bits per heavy atom. The van der Waals surface area contributed by atoms with E-state index in [1.54, 1.807) is 10.8 Å². The van der Waals surface area contributed by atoms with Crippen LogP contribution in [0.15, 0.2) is 48.8 Å². The van der Waals surface area contributed by atoms with Gasteiger partial charge in [-0.05, 0) is 58.8 Å². The van der Waals surface area contributed by atoms with Crippen LogP contribution in [-0.4, -0.2) is 32.9 Å². The summed E-state index contributed by atoms with van der Waals surface area (Å²) in [5.41, 5.74) is 3.29. The third kappa shape index (κ3) is 3.25. The van der Waals surface area contributed by atoms with E-state index in [4.69, 9.17) is 9.47 Å². The number of tetrazole rings is 1. The van der Waals surface area contributed by atoms with Crippen molar-refractivity contribution in [2.45, 2.75) is 6.92 Å². The lowest BCUT2D eigenvalue weighted by Crippen LogP contribution is -2.09. The monoisotopic (exact) mass is 349 g/mol. The molecule has 0 radical (unpaired) electrons. The standard InChI is InChI=1S/C18H15N5O3/c1-12-2-5-14(9-15(12)23-10-19-21-22-23)20-18(24)7-4-13-3-6-16-17(8-13)26-11-25-16/h2-10H,11H2,1H3,(H,20,24). The van der Waals surface area contributed by atoms with E-state index >= 15 is 0 Å². The predicted octanol–water partition coefficient (Wildman–Crippen LogP) is 2.35. The van der Waals surface area contributed by atoms with E-state index in [0.29, 0.717) is 17.2 Å². The van der Waals surface area contributed by atoms with Gasteiger partial charge in [-0.15, -0.1) is 5.10 Å². The van der Waals surface area contributed by atoms with Crippen molar-refractivity contribution < 1.29 is 14.3 Å². The molecule has 2 aromatic carbocycles. The molecule has 0 unspecified atom stereocenters. The zero-order chi connectivity index (χ0) is 17.9. The number of fused-ring (bicyclic) bond motifs is 1. The molecule has 0 saturated heterocycles. The zero-order valence-corrected chi connectivity index (χ0v) is 13.9. The molecule has 1 N–H and O–H groups in total.